The van der Waals surface area contributed by atoms with E-state index in [-0.39, 0.29) is 12.7 Å². The summed E-state index contributed by atoms with van der Waals surface area (Å²) in [6.07, 6.45) is 1.83. The number of amides is 1. The molecule has 1 aliphatic rings. The van der Waals surface area contributed by atoms with Crippen molar-refractivity contribution in [1.29, 1.82) is 0 Å². The molecule has 110 valence electrons. The molecule has 0 unspecified atom stereocenters. The van der Waals surface area contributed by atoms with E-state index in [2.05, 4.69) is 10.3 Å². The van der Waals surface area contributed by atoms with Crippen molar-refractivity contribution >= 4 is 16.8 Å². The number of nitrogens with one attached hydrogen (secondary N) is 2. The highest BCUT2D eigenvalue weighted by molar-refractivity contribution is 6.06. The number of hydrogen-bond donors (Lipinski definition) is 2. The number of rotatable bonds is 3. The van der Waals surface area contributed by atoms with Crippen LogP contribution in [0.1, 0.15) is 15.9 Å². The normalized spacial score (nSPS) is 12.5. The molecule has 22 heavy (non-hydrogen) atoms. The molecule has 0 aliphatic carbocycles. The Bertz CT molecular complexity index is 854. The van der Waals surface area contributed by atoms with Crippen LogP contribution in [-0.4, -0.2) is 17.7 Å². The molecule has 3 aromatic rings. The smallest absolute Gasteiger partial charge is 0.252 e. The molecular formula is C17H14N2O3. The third kappa shape index (κ3) is 2.16. The minimum Gasteiger partial charge on any atom is -0.454 e. The fourth-order valence-electron chi connectivity index (χ4n) is 2.61. The van der Waals surface area contributed by atoms with Gasteiger partial charge in [0.15, 0.2) is 11.5 Å². The van der Waals surface area contributed by atoms with Gasteiger partial charge in [0.05, 0.1) is 0 Å². The number of carbonyl (C=O) groups is 1. The van der Waals surface area contributed by atoms with E-state index < -0.39 is 0 Å². The number of benzene rings is 2. The summed E-state index contributed by atoms with van der Waals surface area (Å²) < 4.78 is 10.6. The zero-order chi connectivity index (χ0) is 14.9. The lowest BCUT2D eigenvalue weighted by atomic mass is 10.1. The number of fused-ring (bicyclic) bond motifs is 2. The quantitative estimate of drug-likeness (QED) is 0.780. The van der Waals surface area contributed by atoms with Crippen LogP contribution in [0.3, 0.4) is 0 Å². The highest BCUT2D eigenvalue weighted by Gasteiger charge is 2.14. The predicted octanol–water partition coefficient (Wildman–Crippen LogP) is 2.83. The summed E-state index contributed by atoms with van der Waals surface area (Å²) in [7, 11) is 0. The van der Waals surface area contributed by atoms with Crippen molar-refractivity contribution in [3.8, 4) is 11.5 Å². The molecule has 2 heterocycles. The highest BCUT2D eigenvalue weighted by Crippen LogP contribution is 2.32. The van der Waals surface area contributed by atoms with Gasteiger partial charge in [-0.15, -0.1) is 0 Å². The molecule has 0 spiro atoms. The van der Waals surface area contributed by atoms with Gasteiger partial charge in [-0.3, -0.25) is 4.79 Å². The van der Waals surface area contributed by atoms with E-state index >= 15 is 0 Å². The number of ether oxygens (including phenoxy) is 2. The lowest BCUT2D eigenvalue weighted by Crippen LogP contribution is -2.22. The van der Waals surface area contributed by atoms with Gasteiger partial charge in [0.25, 0.3) is 5.91 Å². The zero-order valence-electron chi connectivity index (χ0n) is 11.8. The fourth-order valence-corrected chi connectivity index (χ4v) is 2.61. The molecule has 0 fully saturated rings. The van der Waals surface area contributed by atoms with E-state index in [1.807, 2.05) is 48.7 Å². The maximum Gasteiger partial charge on any atom is 0.252 e. The van der Waals surface area contributed by atoms with Crippen LogP contribution in [0.5, 0.6) is 11.5 Å². The van der Waals surface area contributed by atoms with Crippen molar-refractivity contribution in [3.05, 3.63) is 59.8 Å². The van der Waals surface area contributed by atoms with Crippen LogP contribution in [0.2, 0.25) is 0 Å². The van der Waals surface area contributed by atoms with Gasteiger partial charge < -0.3 is 19.8 Å². The van der Waals surface area contributed by atoms with Gasteiger partial charge in [-0.05, 0) is 35.9 Å². The van der Waals surface area contributed by atoms with E-state index in [1.54, 1.807) is 0 Å². The first kappa shape index (κ1) is 12.8. The van der Waals surface area contributed by atoms with Crippen LogP contribution in [0.15, 0.2) is 48.7 Å². The Labute approximate surface area is 126 Å². The van der Waals surface area contributed by atoms with Crippen molar-refractivity contribution in [3.63, 3.8) is 0 Å². The number of hydrogen-bond acceptors (Lipinski definition) is 3. The Hall–Kier alpha value is -2.95. The van der Waals surface area contributed by atoms with Gasteiger partial charge in [0.2, 0.25) is 6.79 Å². The largest absolute Gasteiger partial charge is 0.454 e. The van der Waals surface area contributed by atoms with Gasteiger partial charge in [-0.25, -0.2) is 0 Å². The average Bonchev–Trinajstić information content (AvgIpc) is 3.20. The zero-order valence-corrected chi connectivity index (χ0v) is 11.8. The lowest BCUT2D eigenvalue weighted by molar-refractivity contribution is 0.0952. The van der Waals surface area contributed by atoms with Crippen molar-refractivity contribution in [2.45, 2.75) is 6.54 Å². The molecule has 4 rings (SSSR count). The second-order valence-corrected chi connectivity index (χ2v) is 5.11. The molecule has 0 atom stereocenters. The minimum absolute atomic E-state index is 0.0946. The first-order chi connectivity index (χ1) is 10.8. The number of aromatic amines is 1. The van der Waals surface area contributed by atoms with Crippen LogP contribution in [-0.2, 0) is 6.54 Å². The van der Waals surface area contributed by atoms with Crippen LogP contribution >= 0.6 is 0 Å². The molecule has 5 nitrogen and oxygen atoms in total. The molecule has 0 radical (unpaired) electrons. The molecule has 0 bridgehead atoms. The van der Waals surface area contributed by atoms with Crippen LogP contribution in [0, 0.1) is 0 Å². The average molecular weight is 294 g/mol. The van der Waals surface area contributed by atoms with E-state index in [0.717, 1.165) is 28.0 Å². The van der Waals surface area contributed by atoms with Gasteiger partial charge in [-0.1, -0.05) is 12.1 Å². The first-order valence-electron chi connectivity index (χ1n) is 7.04. The van der Waals surface area contributed by atoms with Crippen molar-refractivity contribution < 1.29 is 14.3 Å². The Morgan fingerprint density at radius 3 is 3.00 bits per heavy atom. The van der Waals surface area contributed by atoms with Crippen molar-refractivity contribution in [2.75, 3.05) is 6.79 Å². The van der Waals surface area contributed by atoms with Gasteiger partial charge in [0.1, 0.15) is 0 Å². The van der Waals surface area contributed by atoms with E-state index in [9.17, 15) is 4.79 Å². The topological polar surface area (TPSA) is 63.4 Å². The Kier molecular flexibility index (Phi) is 2.96. The number of aromatic nitrogens is 1. The fraction of sp³-hybridized carbons (Fsp3) is 0.118. The summed E-state index contributed by atoms with van der Waals surface area (Å²) in [6, 6.07) is 13.2. The van der Waals surface area contributed by atoms with E-state index in [4.69, 9.17) is 9.47 Å². The molecule has 0 saturated carbocycles. The minimum atomic E-state index is -0.0946. The summed E-state index contributed by atoms with van der Waals surface area (Å²) >= 11 is 0. The summed E-state index contributed by atoms with van der Waals surface area (Å²) in [5.74, 6) is 1.37. The third-order valence-corrected chi connectivity index (χ3v) is 3.73. The Balaban J connectivity index is 1.52. The molecule has 2 N–H and O–H groups in total. The summed E-state index contributed by atoms with van der Waals surface area (Å²) in [4.78, 5) is 15.5. The summed E-state index contributed by atoms with van der Waals surface area (Å²) in [5, 5.41) is 3.86. The van der Waals surface area contributed by atoms with Gasteiger partial charge >= 0.3 is 0 Å². The maximum absolute atomic E-state index is 12.4. The van der Waals surface area contributed by atoms with Crippen LogP contribution < -0.4 is 14.8 Å². The monoisotopic (exact) mass is 294 g/mol. The molecule has 1 aliphatic heterocycles. The summed E-state index contributed by atoms with van der Waals surface area (Å²) in [6.45, 7) is 0.691. The van der Waals surface area contributed by atoms with Crippen molar-refractivity contribution in [1.82, 2.24) is 10.3 Å². The molecule has 0 saturated heterocycles. The molecule has 2 aromatic carbocycles. The first-order valence-corrected chi connectivity index (χ1v) is 7.04. The SMILES string of the molecule is O=C(NCc1ccc2c(c1)OCO2)c1cccc2[nH]ccc12. The third-order valence-electron chi connectivity index (χ3n) is 3.73. The number of H-pyrrole nitrogens is 1. The highest BCUT2D eigenvalue weighted by atomic mass is 16.7. The van der Waals surface area contributed by atoms with E-state index in [0.29, 0.717) is 12.1 Å². The standard InChI is InChI=1S/C17H14N2O3/c20-17(13-2-1-3-14-12(13)6-7-18-14)19-9-11-4-5-15-16(8-11)22-10-21-15/h1-8,18H,9-10H2,(H,19,20). The van der Waals surface area contributed by atoms with E-state index in [1.165, 1.54) is 0 Å². The second-order valence-electron chi connectivity index (χ2n) is 5.11. The lowest BCUT2D eigenvalue weighted by Gasteiger charge is -2.07. The molecule has 1 aromatic heterocycles. The van der Waals surface area contributed by atoms with Crippen molar-refractivity contribution in [2.24, 2.45) is 0 Å². The van der Waals surface area contributed by atoms with Crippen LogP contribution in [0.4, 0.5) is 0 Å². The van der Waals surface area contributed by atoms with Gasteiger partial charge in [-0.2, -0.15) is 0 Å². The molecule has 1 amide bonds. The predicted molar refractivity (Wildman–Crippen MR) is 82.0 cm³/mol. The molecule has 5 heteroatoms. The van der Waals surface area contributed by atoms with Gasteiger partial charge in [0, 0.05) is 29.2 Å². The summed E-state index contributed by atoms with van der Waals surface area (Å²) in [5.41, 5.74) is 2.59. The second kappa shape index (κ2) is 5.11. The Morgan fingerprint density at radius 2 is 2.05 bits per heavy atom. The molecular weight excluding hydrogens is 280 g/mol. The van der Waals surface area contributed by atoms with Crippen LogP contribution in [0.25, 0.3) is 10.9 Å². The maximum atomic E-state index is 12.4. The number of carbonyl (C=O) groups excluding carboxylic acids is 1. The Morgan fingerprint density at radius 1 is 1.14 bits per heavy atom.